The Morgan fingerprint density at radius 1 is 1.15 bits per heavy atom. The van der Waals surface area contributed by atoms with Gasteiger partial charge in [0.1, 0.15) is 16.4 Å². The number of hydrogen-bond acceptors (Lipinski definition) is 5. The normalized spacial score (nSPS) is 11.7. The summed E-state index contributed by atoms with van der Waals surface area (Å²) < 4.78 is 0. The summed E-state index contributed by atoms with van der Waals surface area (Å²) >= 11 is 1.43. The number of amides is 1. The van der Waals surface area contributed by atoms with Gasteiger partial charge in [-0.05, 0) is 43.5 Å². The summed E-state index contributed by atoms with van der Waals surface area (Å²) in [6.45, 7) is 10.7. The molecule has 0 radical (unpaired) electrons. The zero-order valence-corrected chi connectivity index (χ0v) is 17.2. The lowest BCUT2D eigenvalue weighted by Crippen LogP contribution is -2.25. The van der Waals surface area contributed by atoms with Crippen molar-refractivity contribution < 1.29 is 9.90 Å². The molecule has 5 nitrogen and oxygen atoms in total. The van der Waals surface area contributed by atoms with Crippen LogP contribution in [0.5, 0.6) is 5.75 Å². The van der Waals surface area contributed by atoms with E-state index in [0.29, 0.717) is 17.8 Å². The van der Waals surface area contributed by atoms with Crippen LogP contribution in [-0.4, -0.2) is 27.5 Å². The highest BCUT2D eigenvalue weighted by molar-refractivity contribution is 7.20. The molecule has 0 saturated carbocycles. The molecule has 2 heterocycles. The smallest absolute Gasteiger partial charge is 0.261 e. The Hall–Kier alpha value is -2.47. The maximum atomic E-state index is 12.7. The predicted molar refractivity (Wildman–Crippen MR) is 110 cm³/mol. The van der Waals surface area contributed by atoms with Crippen molar-refractivity contribution in [3.05, 3.63) is 51.8 Å². The molecule has 0 aliphatic rings. The number of fused-ring (bicyclic) bond motifs is 1. The minimum absolute atomic E-state index is 0.0778. The first-order chi connectivity index (χ1) is 12.7. The minimum Gasteiger partial charge on any atom is -0.508 e. The number of phenolic OH excluding ortho intramolecular Hbond substituents is 1. The van der Waals surface area contributed by atoms with Crippen molar-refractivity contribution in [3.8, 4) is 5.75 Å². The van der Waals surface area contributed by atoms with Crippen molar-refractivity contribution in [2.24, 2.45) is 0 Å². The third-order valence-corrected chi connectivity index (χ3v) is 5.67. The summed E-state index contributed by atoms with van der Waals surface area (Å²) in [4.78, 5) is 23.6. The number of thiophene rings is 1. The van der Waals surface area contributed by atoms with Gasteiger partial charge in [0.05, 0.1) is 10.6 Å². The van der Waals surface area contributed by atoms with Gasteiger partial charge >= 0.3 is 0 Å². The largest absolute Gasteiger partial charge is 0.508 e. The molecule has 0 fully saturated rings. The van der Waals surface area contributed by atoms with E-state index < -0.39 is 0 Å². The molecule has 0 saturated heterocycles. The molecule has 1 amide bonds. The Balaban J connectivity index is 1.79. The van der Waals surface area contributed by atoms with Crippen LogP contribution in [-0.2, 0) is 11.8 Å². The van der Waals surface area contributed by atoms with E-state index in [9.17, 15) is 9.90 Å². The highest BCUT2D eigenvalue weighted by atomic mass is 32.1. The van der Waals surface area contributed by atoms with Crippen LogP contribution in [0.3, 0.4) is 0 Å². The minimum atomic E-state index is -0.136. The number of nitrogens with zero attached hydrogens (tertiary/aromatic N) is 2. The average Bonchev–Trinajstić information content (AvgIpc) is 2.93. The number of rotatable bonds is 4. The molecule has 3 rings (SSSR count). The topological polar surface area (TPSA) is 75.1 Å². The molecule has 2 N–H and O–H groups in total. The Morgan fingerprint density at radius 2 is 1.81 bits per heavy atom. The van der Waals surface area contributed by atoms with E-state index in [0.717, 1.165) is 32.9 Å². The highest BCUT2D eigenvalue weighted by Crippen LogP contribution is 2.33. The molecule has 0 bridgehead atoms. The molecule has 0 unspecified atom stereocenters. The van der Waals surface area contributed by atoms with Crippen molar-refractivity contribution >= 4 is 27.5 Å². The van der Waals surface area contributed by atoms with Crippen molar-refractivity contribution in [3.63, 3.8) is 0 Å². The Bertz CT molecular complexity index is 985. The fraction of sp³-hybridized carbons (Fsp3) is 0.381. The second-order valence-corrected chi connectivity index (χ2v) is 8.79. The van der Waals surface area contributed by atoms with Crippen LogP contribution in [0.15, 0.2) is 24.3 Å². The number of benzene rings is 1. The number of aryl methyl sites for hydroxylation is 2. The Labute approximate surface area is 163 Å². The van der Waals surface area contributed by atoms with Crippen LogP contribution in [0.4, 0.5) is 0 Å². The molecule has 2 aromatic heterocycles. The van der Waals surface area contributed by atoms with Gasteiger partial charge in [0.15, 0.2) is 0 Å². The van der Waals surface area contributed by atoms with Crippen molar-refractivity contribution in [2.75, 3.05) is 6.54 Å². The predicted octanol–water partition coefficient (Wildman–Crippen LogP) is 4.28. The maximum absolute atomic E-state index is 12.7. The summed E-state index contributed by atoms with van der Waals surface area (Å²) in [7, 11) is 0. The molecule has 1 aromatic carbocycles. The first kappa shape index (κ1) is 19.3. The molecule has 0 aliphatic heterocycles. The fourth-order valence-corrected chi connectivity index (χ4v) is 4.10. The molecule has 3 aromatic rings. The summed E-state index contributed by atoms with van der Waals surface area (Å²) in [5.74, 6) is 0.966. The number of nitrogens with one attached hydrogen (secondary N) is 1. The lowest BCUT2D eigenvalue weighted by atomic mass is 9.95. The van der Waals surface area contributed by atoms with Crippen molar-refractivity contribution in [2.45, 2.75) is 46.5 Å². The summed E-state index contributed by atoms with van der Waals surface area (Å²) in [6.07, 6.45) is 0.711. The van der Waals surface area contributed by atoms with Crippen LogP contribution in [0.2, 0.25) is 0 Å². The van der Waals surface area contributed by atoms with Gasteiger partial charge in [0, 0.05) is 17.3 Å². The van der Waals surface area contributed by atoms with E-state index in [1.807, 2.05) is 26.0 Å². The van der Waals surface area contributed by atoms with Gasteiger partial charge in [-0.1, -0.05) is 32.9 Å². The molecule has 0 atom stereocenters. The van der Waals surface area contributed by atoms with Crippen molar-refractivity contribution in [1.82, 2.24) is 15.3 Å². The molecule has 0 aliphatic carbocycles. The third kappa shape index (κ3) is 4.11. The second-order valence-electron chi connectivity index (χ2n) is 7.79. The molecule has 6 heteroatoms. The van der Waals surface area contributed by atoms with Crippen LogP contribution in [0, 0.1) is 13.8 Å². The zero-order valence-electron chi connectivity index (χ0n) is 16.4. The first-order valence-corrected chi connectivity index (χ1v) is 9.83. The first-order valence-electron chi connectivity index (χ1n) is 9.01. The second kappa shape index (κ2) is 7.27. The van der Waals surface area contributed by atoms with E-state index in [1.165, 1.54) is 11.3 Å². The Kier molecular flexibility index (Phi) is 5.20. The number of phenols is 1. The highest BCUT2D eigenvalue weighted by Gasteiger charge is 2.23. The van der Waals surface area contributed by atoms with Crippen molar-refractivity contribution in [1.29, 1.82) is 0 Å². The lowest BCUT2D eigenvalue weighted by Gasteiger charge is -2.16. The third-order valence-electron chi connectivity index (χ3n) is 4.48. The standard InChI is InChI=1S/C21H25N3O2S/c1-12-16-13(2)23-20(21(3,4)5)24-19(16)27-17(12)18(26)22-11-10-14-6-8-15(25)9-7-14/h6-9,25H,10-11H2,1-5H3,(H,22,26). The Morgan fingerprint density at radius 3 is 2.44 bits per heavy atom. The number of aromatic nitrogens is 2. The van der Waals surface area contributed by atoms with Crippen LogP contribution in [0.25, 0.3) is 10.2 Å². The fourth-order valence-electron chi connectivity index (χ4n) is 2.95. The average molecular weight is 384 g/mol. The van der Waals surface area contributed by atoms with Gasteiger partial charge in [-0.3, -0.25) is 4.79 Å². The molecule has 27 heavy (non-hydrogen) atoms. The molecule has 0 spiro atoms. The number of carbonyl (C=O) groups is 1. The number of hydrogen-bond donors (Lipinski definition) is 2. The van der Waals surface area contributed by atoms with Crippen LogP contribution in [0.1, 0.15) is 53.1 Å². The summed E-state index contributed by atoms with van der Waals surface area (Å²) in [6, 6.07) is 7.03. The van der Waals surface area contributed by atoms with E-state index in [1.54, 1.807) is 12.1 Å². The van der Waals surface area contributed by atoms with Gasteiger partial charge in [-0.25, -0.2) is 9.97 Å². The molecular weight excluding hydrogens is 358 g/mol. The summed E-state index contributed by atoms with van der Waals surface area (Å²) in [5.41, 5.74) is 2.79. The number of aromatic hydroxyl groups is 1. The molecule has 142 valence electrons. The van der Waals surface area contributed by atoms with Crippen LogP contribution < -0.4 is 5.32 Å². The van der Waals surface area contributed by atoms with Gasteiger partial charge < -0.3 is 10.4 Å². The van der Waals surface area contributed by atoms with Crippen LogP contribution >= 0.6 is 11.3 Å². The van der Waals surface area contributed by atoms with Gasteiger partial charge in [0.25, 0.3) is 5.91 Å². The number of carbonyl (C=O) groups excluding carboxylic acids is 1. The lowest BCUT2D eigenvalue weighted by molar-refractivity contribution is 0.0957. The summed E-state index contributed by atoms with van der Waals surface area (Å²) in [5, 5.41) is 13.3. The monoisotopic (exact) mass is 383 g/mol. The maximum Gasteiger partial charge on any atom is 0.261 e. The zero-order chi connectivity index (χ0) is 19.8. The molecular formula is C21H25N3O2S. The van der Waals surface area contributed by atoms with E-state index in [2.05, 4.69) is 31.1 Å². The van der Waals surface area contributed by atoms with Gasteiger partial charge in [-0.2, -0.15) is 0 Å². The van der Waals surface area contributed by atoms with E-state index >= 15 is 0 Å². The SMILES string of the molecule is Cc1nc(C(C)(C)C)nc2sc(C(=O)NCCc3ccc(O)cc3)c(C)c12. The van der Waals surface area contributed by atoms with Gasteiger partial charge in [0.2, 0.25) is 0 Å². The van der Waals surface area contributed by atoms with E-state index in [4.69, 9.17) is 4.98 Å². The van der Waals surface area contributed by atoms with E-state index in [-0.39, 0.29) is 17.1 Å². The van der Waals surface area contributed by atoms with Gasteiger partial charge in [-0.15, -0.1) is 11.3 Å². The quantitative estimate of drug-likeness (QED) is 0.705.